The second-order valence-electron chi connectivity index (χ2n) is 6.89. The number of hydrogen-bond donors (Lipinski definition) is 1. The average molecular weight is 406 g/mol. The highest BCUT2D eigenvalue weighted by atomic mass is 19.4. The Balaban J connectivity index is 1.71. The fourth-order valence-electron chi connectivity index (χ4n) is 3.22. The first kappa shape index (κ1) is 20.9. The molecule has 0 unspecified atom stereocenters. The van der Waals surface area contributed by atoms with Crippen molar-refractivity contribution in [3.63, 3.8) is 0 Å². The quantitative estimate of drug-likeness (QED) is 0.814. The molecule has 1 N–H and O–H groups in total. The van der Waals surface area contributed by atoms with E-state index in [4.69, 9.17) is 4.74 Å². The zero-order chi connectivity index (χ0) is 21.0. The van der Waals surface area contributed by atoms with E-state index in [1.165, 1.54) is 36.2 Å². The molecule has 1 aliphatic heterocycles. The molecule has 0 bridgehead atoms. The van der Waals surface area contributed by atoms with Crippen LogP contribution in [0.1, 0.15) is 34.3 Å². The van der Waals surface area contributed by atoms with E-state index < -0.39 is 23.8 Å². The van der Waals surface area contributed by atoms with Crippen LogP contribution >= 0.6 is 0 Å². The summed E-state index contributed by atoms with van der Waals surface area (Å²) in [7, 11) is 1.44. The summed E-state index contributed by atoms with van der Waals surface area (Å²) in [5.74, 6) is -0.727. The van der Waals surface area contributed by atoms with Gasteiger partial charge in [0.1, 0.15) is 6.10 Å². The first-order chi connectivity index (χ1) is 13.8. The molecule has 5 nitrogen and oxygen atoms in total. The van der Waals surface area contributed by atoms with Crippen LogP contribution in [0.15, 0.2) is 48.5 Å². The minimum absolute atomic E-state index is 0.0127. The van der Waals surface area contributed by atoms with Crippen LogP contribution in [0.5, 0.6) is 0 Å². The van der Waals surface area contributed by atoms with Crippen molar-refractivity contribution in [3.8, 4) is 0 Å². The van der Waals surface area contributed by atoms with E-state index in [1.54, 1.807) is 18.2 Å². The molecule has 0 aromatic heterocycles. The Morgan fingerprint density at radius 1 is 1.17 bits per heavy atom. The number of nitrogens with zero attached hydrogens (tertiary/aromatic N) is 1. The van der Waals surface area contributed by atoms with Gasteiger partial charge in [-0.2, -0.15) is 13.2 Å². The van der Waals surface area contributed by atoms with Crippen LogP contribution in [0.4, 0.5) is 18.9 Å². The number of alkyl halides is 3. The molecule has 0 radical (unpaired) electrons. The maximum absolute atomic E-state index is 13.2. The zero-order valence-corrected chi connectivity index (χ0v) is 15.8. The van der Waals surface area contributed by atoms with Crippen LogP contribution in [0.3, 0.4) is 0 Å². The number of carbonyl (C=O) groups is 2. The first-order valence-electron chi connectivity index (χ1n) is 9.19. The van der Waals surface area contributed by atoms with Gasteiger partial charge in [0.15, 0.2) is 0 Å². The summed E-state index contributed by atoms with van der Waals surface area (Å²) >= 11 is 0. The van der Waals surface area contributed by atoms with Gasteiger partial charge in [0.25, 0.3) is 11.8 Å². The number of nitrogens with one attached hydrogen (secondary N) is 1. The summed E-state index contributed by atoms with van der Waals surface area (Å²) in [5, 5.41) is 2.71. The van der Waals surface area contributed by atoms with E-state index in [-0.39, 0.29) is 23.6 Å². The number of anilines is 1. The highest BCUT2D eigenvalue weighted by Gasteiger charge is 2.33. The lowest BCUT2D eigenvalue weighted by molar-refractivity contribution is -0.138. The molecule has 0 saturated carbocycles. The molecule has 1 atom stereocenters. The zero-order valence-electron chi connectivity index (χ0n) is 15.8. The molecule has 2 aromatic rings. The smallest absolute Gasteiger partial charge is 0.368 e. The Labute approximate surface area is 166 Å². The van der Waals surface area contributed by atoms with Crippen molar-refractivity contribution in [2.75, 3.05) is 19.0 Å². The molecular formula is C21H21F3N2O3. The molecule has 8 heteroatoms. The van der Waals surface area contributed by atoms with Crippen LogP contribution in [0, 0.1) is 0 Å². The molecular weight excluding hydrogens is 385 g/mol. The third kappa shape index (κ3) is 5.14. The van der Waals surface area contributed by atoms with Gasteiger partial charge in [0.05, 0.1) is 5.56 Å². The fourth-order valence-corrected chi connectivity index (χ4v) is 3.22. The third-order valence-electron chi connectivity index (χ3n) is 4.68. The van der Waals surface area contributed by atoms with Gasteiger partial charge in [-0.15, -0.1) is 0 Å². The van der Waals surface area contributed by atoms with Crippen LogP contribution in [0.25, 0.3) is 0 Å². The number of rotatable bonds is 5. The van der Waals surface area contributed by atoms with Crippen LogP contribution in [-0.4, -0.2) is 36.5 Å². The van der Waals surface area contributed by atoms with E-state index in [0.29, 0.717) is 18.7 Å². The van der Waals surface area contributed by atoms with Gasteiger partial charge in [0, 0.05) is 31.5 Å². The van der Waals surface area contributed by atoms with Crippen LogP contribution in [-0.2, 0) is 22.3 Å². The Kier molecular flexibility index (Phi) is 6.22. The molecule has 154 valence electrons. The molecule has 3 rings (SSSR count). The van der Waals surface area contributed by atoms with Crippen molar-refractivity contribution in [2.24, 2.45) is 0 Å². The molecule has 1 heterocycles. The van der Waals surface area contributed by atoms with Crippen molar-refractivity contribution in [3.05, 3.63) is 65.2 Å². The van der Waals surface area contributed by atoms with Crippen molar-refractivity contribution in [1.82, 2.24) is 4.90 Å². The van der Waals surface area contributed by atoms with Gasteiger partial charge in [0.2, 0.25) is 0 Å². The first-order valence-corrected chi connectivity index (χ1v) is 9.19. The summed E-state index contributed by atoms with van der Waals surface area (Å²) in [6.45, 7) is 0.349. The van der Waals surface area contributed by atoms with E-state index >= 15 is 0 Å². The Morgan fingerprint density at radius 3 is 2.62 bits per heavy atom. The maximum atomic E-state index is 13.2. The molecule has 2 aromatic carbocycles. The molecule has 0 spiro atoms. The number of benzene rings is 2. The Bertz CT molecular complexity index is 893. The lowest BCUT2D eigenvalue weighted by atomic mass is 10.1. The Morgan fingerprint density at radius 2 is 1.93 bits per heavy atom. The molecule has 1 aliphatic rings. The van der Waals surface area contributed by atoms with Crippen molar-refractivity contribution < 1.29 is 27.5 Å². The third-order valence-corrected chi connectivity index (χ3v) is 4.68. The summed E-state index contributed by atoms with van der Waals surface area (Å²) in [5.41, 5.74) is -0.0570. The Hall–Kier alpha value is -2.87. The molecule has 1 saturated heterocycles. The fraction of sp³-hybridized carbons (Fsp3) is 0.333. The average Bonchev–Trinajstić information content (AvgIpc) is 3.22. The predicted molar refractivity (Wildman–Crippen MR) is 101 cm³/mol. The number of carbonyl (C=O) groups excluding carboxylic acids is 2. The normalized spacial score (nSPS) is 16.5. The van der Waals surface area contributed by atoms with E-state index in [1.807, 2.05) is 0 Å². The van der Waals surface area contributed by atoms with Gasteiger partial charge >= 0.3 is 6.18 Å². The lowest BCUT2D eigenvalue weighted by Gasteiger charge is -2.20. The highest BCUT2D eigenvalue weighted by Crippen LogP contribution is 2.32. The second kappa shape index (κ2) is 8.65. The summed E-state index contributed by atoms with van der Waals surface area (Å²) in [4.78, 5) is 26.1. The number of amides is 2. The second-order valence-corrected chi connectivity index (χ2v) is 6.89. The minimum atomic E-state index is -4.49. The van der Waals surface area contributed by atoms with Crippen molar-refractivity contribution in [2.45, 2.75) is 31.7 Å². The molecule has 0 aliphatic carbocycles. The number of hydrogen-bond acceptors (Lipinski definition) is 3. The van der Waals surface area contributed by atoms with Gasteiger partial charge in [-0.05, 0) is 42.7 Å². The van der Waals surface area contributed by atoms with Crippen LogP contribution in [0.2, 0.25) is 0 Å². The van der Waals surface area contributed by atoms with Crippen LogP contribution < -0.4 is 5.32 Å². The summed E-state index contributed by atoms with van der Waals surface area (Å²) in [6.07, 6.45) is -3.53. The molecule has 2 amide bonds. The van der Waals surface area contributed by atoms with Gasteiger partial charge in [-0.3, -0.25) is 9.59 Å². The largest absolute Gasteiger partial charge is 0.416 e. The van der Waals surface area contributed by atoms with E-state index in [2.05, 4.69) is 5.32 Å². The highest BCUT2D eigenvalue weighted by molar-refractivity contribution is 5.98. The number of halogens is 3. The SMILES string of the molecule is CN(Cc1ccccc1C(F)(F)F)C(=O)c1cccc(NC(=O)[C@H]2CCCO2)c1. The van der Waals surface area contributed by atoms with Gasteiger partial charge in [-0.1, -0.05) is 24.3 Å². The van der Waals surface area contributed by atoms with E-state index in [9.17, 15) is 22.8 Å². The topological polar surface area (TPSA) is 58.6 Å². The van der Waals surface area contributed by atoms with Crippen molar-refractivity contribution in [1.29, 1.82) is 0 Å². The minimum Gasteiger partial charge on any atom is -0.368 e. The van der Waals surface area contributed by atoms with Gasteiger partial charge < -0.3 is 15.0 Å². The maximum Gasteiger partial charge on any atom is 0.416 e. The van der Waals surface area contributed by atoms with E-state index in [0.717, 1.165) is 12.5 Å². The predicted octanol–water partition coefficient (Wildman–Crippen LogP) is 4.10. The lowest BCUT2D eigenvalue weighted by Crippen LogP contribution is -2.28. The van der Waals surface area contributed by atoms with Gasteiger partial charge in [-0.25, -0.2) is 0 Å². The summed E-state index contributed by atoms with van der Waals surface area (Å²) < 4.78 is 44.8. The molecule has 29 heavy (non-hydrogen) atoms. The summed E-state index contributed by atoms with van der Waals surface area (Å²) in [6, 6.07) is 11.5. The van der Waals surface area contributed by atoms with Crippen molar-refractivity contribution >= 4 is 17.5 Å². The standard InChI is InChI=1S/C21H21F3N2O3/c1-26(13-15-6-2-3-9-17(15)21(22,23)24)20(28)14-7-4-8-16(12-14)25-19(27)18-10-5-11-29-18/h2-4,6-9,12,18H,5,10-11,13H2,1H3,(H,25,27)/t18-/m1/s1. The monoisotopic (exact) mass is 406 g/mol. The number of ether oxygens (including phenoxy) is 1. The molecule has 1 fully saturated rings.